The molecule has 0 bridgehead atoms. The number of aromatic amines is 1. The first-order valence-electron chi connectivity index (χ1n) is 6.21. The highest BCUT2D eigenvalue weighted by Gasteiger charge is 2.11. The van der Waals surface area contributed by atoms with Gasteiger partial charge in [0.2, 0.25) is 0 Å². The maximum absolute atomic E-state index is 11.7. The van der Waals surface area contributed by atoms with Crippen LogP contribution in [0.5, 0.6) is 0 Å². The van der Waals surface area contributed by atoms with Gasteiger partial charge in [0, 0.05) is 30.1 Å². The van der Waals surface area contributed by atoms with E-state index in [9.17, 15) is 14.9 Å². The van der Waals surface area contributed by atoms with Crippen molar-refractivity contribution in [3.63, 3.8) is 0 Å². The van der Waals surface area contributed by atoms with E-state index in [0.717, 1.165) is 5.39 Å². The number of pyridine rings is 1. The van der Waals surface area contributed by atoms with Crippen molar-refractivity contribution in [3.8, 4) is 0 Å². The first-order chi connectivity index (χ1) is 10.1. The number of hydrogen-bond donors (Lipinski definition) is 1. The Bertz CT molecular complexity index is 889. The molecule has 0 aliphatic carbocycles. The molecule has 2 heterocycles. The van der Waals surface area contributed by atoms with E-state index in [4.69, 9.17) is 0 Å². The van der Waals surface area contributed by atoms with Gasteiger partial charge in [-0.05, 0) is 6.07 Å². The molecule has 1 aromatic carbocycles. The number of aromatic nitrogens is 3. The van der Waals surface area contributed by atoms with Crippen molar-refractivity contribution in [2.45, 2.75) is 6.42 Å². The van der Waals surface area contributed by atoms with Crippen molar-refractivity contribution < 1.29 is 4.92 Å². The minimum atomic E-state index is -0.469. The summed E-state index contributed by atoms with van der Waals surface area (Å²) in [6, 6.07) is 9.83. The Labute approximate surface area is 118 Å². The van der Waals surface area contributed by atoms with E-state index in [-0.39, 0.29) is 11.2 Å². The summed E-state index contributed by atoms with van der Waals surface area (Å²) in [6.07, 6.45) is 1.69. The van der Waals surface area contributed by atoms with Gasteiger partial charge in [-0.3, -0.25) is 19.9 Å². The van der Waals surface area contributed by atoms with Crippen molar-refractivity contribution in [2.75, 3.05) is 0 Å². The summed E-state index contributed by atoms with van der Waals surface area (Å²) in [7, 11) is 0. The summed E-state index contributed by atoms with van der Waals surface area (Å²) in [5.41, 5.74) is 0.863. The zero-order valence-corrected chi connectivity index (χ0v) is 10.8. The Morgan fingerprint density at radius 1 is 1.19 bits per heavy atom. The molecule has 0 fully saturated rings. The number of nitrogens with one attached hydrogen (secondary N) is 1. The molecule has 104 valence electrons. The third kappa shape index (κ3) is 2.48. The van der Waals surface area contributed by atoms with Crippen molar-refractivity contribution >= 4 is 16.5 Å². The lowest BCUT2D eigenvalue weighted by Gasteiger charge is -2.04. The fraction of sp³-hybridized carbons (Fsp3) is 0.0714. The minimum Gasteiger partial charge on any atom is -0.267 e. The summed E-state index contributed by atoms with van der Waals surface area (Å²) < 4.78 is 0. The van der Waals surface area contributed by atoms with E-state index in [1.54, 1.807) is 18.2 Å². The molecule has 3 rings (SSSR count). The minimum absolute atomic E-state index is 0.0197. The van der Waals surface area contributed by atoms with E-state index in [2.05, 4.69) is 15.2 Å². The van der Waals surface area contributed by atoms with Crippen LogP contribution in [-0.4, -0.2) is 20.1 Å². The Morgan fingerprint density at radius 2 is 1.95 bits per heavy atom. The van der Waals surface area contributed by atoms with Gasteiger partial charge in [-0.15, -0.1) is 0 Å². The number of fused-ring (bicyclic) bond motifs is 1. The SMILES string of the molecule is O=c1[nH]nc(Cc2cc([N+](=O)[O-])ccn2)c2ccccc12. The normalized spacial score (nSPS) is 10.7. The molecule has 0 unspecified atom stereocenters. The average molecular weight is 282 g/mol. The van der Waals surface area contributed by atoms with Crippen molar-refractivity contribution in [3.05, 3.63) is 74.5 Å². The largest absolute Gasteiger partial charge is 0.272 e. The average Bonchev–Trinajstić information content (AvgIpc) is 2.51. The predicted molar refractivity (Wildman–Crippen MR) is 76.1 cm³/mol. The van der Waals surface area contributed by atoms with Gasteiger partial charge >= 0.3 is 0 Å². The second-order valence-electron chi connectivity index (χ2n) is 4.48. The molecule has 0 saturated carbocycles. The number of nitro groups is 1. The van der Waals surface area contributed by atoms with Crippen LogP contribution in [0.25, 0.3) is 10.8 Å². The number of rotatable bonds is 3. The summed E-state index contributed by atoms with van der Waals surface area (Å²) in [5.74, 6) is 0. The van der Waals surface area contributed by atoms with Crippen LogP contribution in [0.3, 0.4) is 0 Å². The van der Waals surface area contributed by atoms with E-state index in [0.29, 0.717) is 23.2 Å². The van der Waals surface area contributed by atoms with Gasteiger partial charge in [0.15, 0.2) is 0 Å². The third-order valence-corrected chi connectivity index (χ3v) is 3.13. The number of H-pyrrole nitrogens is 1. The molecule has 7 heteroatoms. The zero-order chi connectivity index (χ0) is 14.8. The van der Waals surface area contributed by atoms with Crippen LogP contribution in [0, 0.1) is 10.1 Å². The van der Waals surface area contributed by atoms with Crippen LogP contribution in [0.2, 0.25) is 0 Å². The number of benzene rings is 1. The zero-order valence-electron chi connectivity index (χ0n) is 10.8. The predicted octanol–water partition coefficient (Wildman–Crippen LogP) is 1.82. The van der Waals surface area contributed by atoms with Gasteiger partial charge in [-0.25, -0.2) is 5.10 Å². The first kappa shape index (κ1) is 12.9. The van der Waals surface area contributed by atoms with Gasteiger partial charge in [0.05, 0.1) is 21.7 Å². The molecule has 0 saturated heterocycles. The smallest absolute Gasteiger partial charge is 0.267 e. The molecule has 1 N–H and O–H groups in total. The number of hydrogen-bond acceptors (Lipinski definition) is 5. The maximum atomic E-state index is 11.7. The van der Waals surface area contributed by atoms with Crippen LogP contribution >= 0.6 is 0 Å². The van der Waals surface area contributed by atoms with Crippen LogP contribution < -0.4 is 5.56 Å². The van der Waals surface area contributed by atoms with E-state index < -0.39 is 4.92 Å². The molecule has 3 aromatic rings. The van der Waals surface area contributed by atoms with Crippen LogP contribution in [0.1, 0.15) is 11.4 Å². The monoisotopic (exact) mass is 282 g/mol. The highest BCUT2D eigenvalue weighted by molar-refractivity contribution is 5.83. The summed E-state index contributed by atoms with van der Waals surface area (Å²) in [6.45, 7) is 0. The van der Waals surface area contributed by atoms with Gasteiger partial charge in [-0.1, -0.05) is 18.2 Å². The van der Waals surface area contributed by atoms with Gasteiger partial charge < -0.3 is 0 Å². The molecule has 0 radical (unpaired) electrons. The Balaban J connectivity index is 2.06. The lowest BCUT2D eigenvalue weighted by atomic mass is 10.1. The molecular formula is C14H10N4O3. The van der Waals surface area contributed by atoms with Gasteiger partial charge in [-0.2, -0.15) is 5.10 Å². The lowest BCUT2D eigenvalue weighted by molar-refractivity contribution is -0.385. The summed E-state index contributed by atoms with van der Waals surface area (Å²) in [5, 5.41) is 18.5. The fourth-order valence-electron chi connectivity index (χ4n) is 2.15. The summed E-state index contributed by atoms with van der Waals surface area (Å²) >= 11 is 0. The topological polar surface area (TPSA) is 102 Å². The molecule has 0 spiro atoms. The van der Waals surface area contributed by atoms with Crippen molar-refractivity contribution in [2.24, 2.45) is 0 Å². The second kappa shape index (κ2) is 5.12. The first-order valence-corrected chi connectivity index (χ1v) is 6.21. The Hall–Kier alpha value is -3.09. The van der Waals surface area contributed by atoms with Gasteiger partial charge in [0.25, 0.3) is 11.2 Å². The number of nitrogens with zero attached hydrogens (tertiary/aromatic N) is 3. The fourth-order valence-corrected chi connectivity index (χ4v) is 2.15. The quantitative estimate of drug-likeness (QED) is 0.583. The van der Waals surface area contributed by atoms with Gasteiger partial charge in [0.1, 0.15) is 0 Å². The maximum Gasteiger partial charge on any atom is 0.272 e. The molecule has 21 heavy (non-hydrogen) atoms. The van der Waals surface area contributed by atoms with Crippen LogP contribution in [0.15, 0.2) is 47.4 Å². The molecule has 0 aliphatic rings. The van der Waals surface area contributed by atoms with Crippen molar-refractivity contribution in [1.82, 2.24) is 15.2 Å². The Morgan fingerprint density at radius 3 is 2.71 bits per heavy atom. The van der Waals surface area contributed by atoms with Crippen LogP contribution in [-0.2, 0) is 6.42 Å². The Kier molecular flexibility index (Phi) is 3.15. The van der Waals surface area contributed by atoms with E-state index in [1.807, 2.05) is 6.07 Å². The standard InChI is InChI=1S/C14H10N4O3/c19-14-12-4-2-1-3-11(12)13(16-17-14)8-9-7-10(18(20)21)5-6-15-9/h1-7H,8H2,(H,17,19). The molecule has 2 aromatic heterocycles. The van der Waals surface area contributed by atoms with Crippen LogP contribution in [0.4, 0.5) is 5.69 Å². The second-order valence-corrected chi connectivity index (χ2v) is 4.48. The lowest BCUT2D eigenvalue weighted by Crippen LogP contribution is -2.11. The van der Waals surface area contributed by atoms with E-state index >= 15 is 0 Å². The third-order valence-electron chi connectivity index (χ3n) is 3.13. The molecule has 0 atom stereocenters. The molecule has 0 amide bonds. The molecule has 0 aliphatic heterocycles. The molecule has 7 nitrogen and oxygen atoms in total. The highest BCUT2D eigenvalue weighted by atomic mass is 16.6. The van der Waals surface area contributed by atoms with E-state index in [1.165, 1.54) is 18.3 Å². The molecular weight excluding hydrogens is 272 g/mol. The summed E-state index contributed by atoms with van der Waals surface area (Å²) in [4.78, 5) is 26.1. The highest BCUT2D eigenvalue weighted by Crippen LogP contribution is 2.17. The van der Waals surface area contributed by atoms with Crippen molar-refractivity contribution in [1.29, 1.82) is 0 Å².